The Morgan fingerprint density at radius 1 is 1.10 bits per heavy atom. The van der Waals surface area contributed by atoms with Gasteiger partial charge in [0.1, 0.15) is 5.75 Å². The van der Waals surface area contributed by atoms with Crippen molar-refractivity contribution in [2.45, 2.75) is 0 Å². The zero-order valence-electron chi connectivity index (χ0n) is 10.2. The predicted octanol–water partition coefficient (Wildman–Crippen LogP) is 5.33. The van der Waals surface area contributed by atoms with E-state index in [-0.39, 0.29) is 11.5 Å². The van der Waals surface area contributed by atoms with Gasteiger partial charge in [0.25, 0.3) is 0 Å². The number of rotatable bonds is 2. The lowest BCUT2D eigenvalue weighted by molar-refractivity contribution is 0.482. The normalized spacial score (nSPS) is 10.9. The second-order valence-corrected chi connectivity index (χ2v) is 6.17. The lowest BCUT2D eigenvalue weighted by atomic mass is 10.1. The monoisotopic (exact) mass is 321 g/mol. The first-order chi connectivity index (χ1) is 9.58. The number of nitrogens with one attached hydrogen (secondary N) is 1. The van der Waals surface area contributed by atoms with E-state index in [1.54, 1.807) is 24.3 Å². The van der Waals surface area contributed by atoms with Gasteiger partial charge in [0, 0.05) is 25.7 Å². The van der Waals surface area contributed by atoms with E-state index in [0.717, 1.165) is 4.70 Å². The van der Waals surface area contributed by atoms with Crippen LogP contribution in [-0.4, -0.2) is 10.8 Å². The summed E-state index contributed by atoms with van der Waals surface area (Å²) in [5.74, 6) is 0.0809. The van der Waals surface area contributed by atoms with Crippen molar-refractivity contribution in [3.8, 4) is 5.75 Å². The standard InChI is InChI=1S/C15H9Cl2NOS/c16-8-5-6-12-10(7-8)14(19)15(20-12)13(18)9-3-1-2-4-11(9)17/h1-7,18-19H. The maximum Gasteiger partial charge on any atom is 0.143 e. The Balaban J connectivity index is 2.18. The Bertz CT molecular complexity index is 826. The molecule has 0 fully saturated rings. The Morgan fingerprint density at radius 2 is 1.85 bits per heavy atom. The molecule has 0 radical (unpaired) electrons. The molecule has 2 nitrogen and oxygen atoms in total. The number of hydrogen-bond donors (Lipinski definition) is 2. The van der Waals surface area contributed by atoms with E-state index in [1.807, 2.05) is 18.2 Å². The third kappa shape index (κ3) is 2.18. The van der Waals surface area contributed by atoms with Gasteiger partial charge in [0.2, 0.25) is 0 Å². The zero-order valence-corrected chi connectivity index (χ0v) is 12.5. The largest absolute Gasteiger partial charge is 0.506 e. The molecule has 2 aromatic carbocycles. The van der Waals surface area contributed by atoms with E-state index in [0.29, 0.717) is 25.9 Å². The summed E-state index contributed by atoms with van der Waals surface area (Å²) >= 11 is 13.4. The molecule has 0 aliphatic rings. The van der Waals surface area contributed by atoms with Crippen molar-refractivity contribution in [1.29, 1.82) is 5.41 Å². The molecule has 0 aliphatic carbocycles. The SMILES string of the molecule is N=C(c1ccccc1Cl)c1sc2ccc(Cl)cc2c1O. The number of thiophene rings is 1. The van der Waals surface area contributed by atoms with Crippen molar-refractivity contribution in [3.05, 3.63) is 63.0 Å². The molecule has 1 heterocycles. The van der Waals surface area contributed by atoms with Crippen molar-refractivity contribution >= 4 is 50.3 Å². The third-order valence-electron chi connectivity index (χ3n) is 2.99. The molecule has 0 bridgehead atoms. The summed E-state index contributed by atoms with van der Waals surface area (Å²) in [6, 6.07) is 12.4. The summed E-state index contributed by atoms with van der Waals surface area (Å²) in [5, 5.41) is 20.3. The number of aromatic hydroxyl groups is 1. The van der Waals surface area contributed by atoms with Crippen LogP contribution in [0.5, 0.6) is 5.75 Å². The first kappa shape index (κ1) is 13.4. The minimum absolute atomic E-state index is 0.0809. The summed E-state index contributed by atoms with van der Waals surface area (Å²) in [7, 11) is 0. The van der Waals surface area contributed by atoms with E-state index in [9.17, 15) is 5.11 Å². The zero-order chi connectivity index (χ0) is 14.3. The van der Waals surface area contributed by atoms with Crippen LogP contribution in [0.4, 0.5) is 0 Å². The molecule has 0 spiro atoms. The van der Waals surface area contributed by atoms with Gasteiger partial charge in [-0.05, 0) is 24.3 Å². The number of halogens is 2. The third-order valence-corrected chi connectivity index (χ3v) is 4.74. The fourth-order valence-electron chi connectivity index (χ4n) is 2.01. The van der Waals surface area contributed by atoms with Crippen LogP contribution in [0.3, 0.4) is 0 Å². The van der Waals surface area contributed by atoms with Gasteiger partial charge in [0.05, 0.1) is 10.6 Å². The smallest absolute Gasteiger partial charge is 0.143 e. The van der Waals surface area contributed by atoms with Gasteiger partial charge in [0.15, 0.2) is 0 Å². The van der Waals surface area contributed by atoms with E-state index in [1.165, 1.54) is 11.3 Å². The van der Waals surface area contributed by atoms with Gasteiger partial charge in [-0.15, -0.1) is 11.3 Å². The fraction of sp³-hybridized carbons (Fsp3) is 0. The second kappa shape index (κ2) is 5.09. The van der Waals surface area contributed by atoms with Crippen molar-refractivity contribution in [3.63, 3.8) is 0 Å². The van der Waals surface area contributed by atoms with Gasteiger partial charge in [-0.2, -0.15) is 0 Å². The highest BCUT2D eigenvalue weighted by Gasteiger charge is 2.18. The summed E-state index contributed by atoms with van der Waals surface area (Å²) in [6.07, 6.45) is 0. The van der Waals surface area contributed by atoms with Crippen LogP contribution >= 0.6 is 34.5 Å². The van der Waals surface area contributed by atoms with E-state index in [4.69, 9.17) is 28.6 Å². The molecule has 100 valence electrons. The molecule has 0 aliphatic heterocycles. The highest BCUT2D eigenvalue weighted by molar-refractivity contribution is 7.21. The van der Waals surface area contributed by atoms with Crippen LogP contribution in [0, 0.1) is 5.41 Å². The maximum absolute atomic E-state index is 10.3. The molecular weight excluding hydrogens is 313 g/mol. The average molecular weight is 322 g/mol. The molecule has 1 aromatic heterocycles. The Hall–Kier alpha value is -1.55. The minimum Gasteiger partial charge on any atom is -0.506 e. The van der Waals surface area contributed by atoms with Crippen molar-refractivity contribution in [1.82, 2.24) is 0 Å². The van der Waals surface area contributed by atoms with Crippen LogP contribution in [0.15, 0.2) is 42.5 Å². The molecule has 20 heavy (non-hydrogen) atoms. The average Bonchev–Trinajstić information content (AvgIpc) is 2.76. The summed E-state index contributed by atoms with van der Waals surface area (Å²) < 4.78 is 0.888. The molecule has 0 amide bonds. The van der Waals surface area contributed by atoms with Crippen molar-refractivity contribution in [2.75, 3.05) is 0 Å². The summed E-state index contributed by atoms with van der Waals surface area (Å²) in [4.78, 5) is 0.496. The van der Waals surface area contributed by atoms with Gasteiger partial charge < -0.3 is 5.11 Å². The van der Waals surface area contributed by atoms with Gasteiger partial charge >= 0.3 is 0 Å². The first-order valence-electron chi connectivity index (χ1n) is 5.83. The molecule has 3 rings (SSSR count). The molecule has 0 saturated heterocycles. The van der Waals surface area contributed by atoms with E-state index in [2.05, 4.69) is 0 Å². The molecule has 0 atom stereocenters. The molecule has 5 heteroatoms. The minimum atomic E-state index is 0.0809. The van der Waals surface area contributed by atoms with Crippen molar-refractivity contribution in [2.24, 2.45) is 0 Å². The summed E-state index contributed by atoms with van der Waals surface area (Å²) in [6.45, 7) is 0. The van der Waals surface area contributed by atoms with Crippen molar-refractivity contribution < 1.29 is 5.11 Å². The maximum atomic E-state index is 10.3. The van der Waals surface area contributed by atoms with Crippen LogP contribution in [0.25, 0.3) is 10.1 Å². The topological polar surface area (TPSA) is 44.1 Å². The Morgan fingerprint density at radius 3 is 2.60 bits per heavy atom. The van der Waals surface area contributed by atoms with Gasteiger partial charge in [-0.25, -0.2) is 0 Å². The Kier molecular flexibility index (Phi) is 3.42. The lowest BCUT2D eigenvalue weighted by Crippen LogP contribution is -1.99. The first-order valence-corrected chi connectivity index (χ1v) is 7.40. The highest BCUT2D eigenvalue weighted by atomic mass is 35.5. The highest BCUT2D eigenvalue weighted by Crippen LogP contribution is 2.39. The van der Waals surface area contributed by atoms with Crippen LogP contribution in [0.2, 0.25) is 10.0 Å². The fourth-order valence-corrected chi connectivity index (χ4v) is 3.46. The van der Waals surface area contributed by atoms with Gasteiger partial charge in [-0.1, -0.05) is 41.4 Å². The molecule has 3 aromatic rings. The molecular formula is C15H9Cl2NOS. The van der Waals surface area contributed by atoms with Crippen LogP contribution in [-0.2, 0) is 0 Å². The molecule has 2 N–H and O–H groups in total. The van der Waals surface area contributed by atoms with Gasteiger partial charge in [-0.3, -0.25) is 5.41 Å². The van der Waals surface area contributed by atoms with Crippen LogP contribution < -0.4 is 0 Å². The second-order valence-electron chi connectivity index (χ2n) is 4.28. The summed E-state index contributed by atoms with van der Waals surface area (Å²) in [5.41, 5.74) is 0.813. The van der Waals surface area contributed by atoms with Crippen LogP contribution in [0.1, 0.15) is 10.4 Å². The lowest BCUT2D eigenvalue weighted by Gasteiger charge is -2.04. The predicted molar refractivity (Wildman–Crippen MR) is 85.9 cm³/mol. The number of fused-ring (bicyclic) bond motifs is 1. The van der Waals surface area contributed by atoms with E-state index < -0.39 is 0 Å². The number of benzene rings is 2. The quantitative estimate of drug-likeness (QED) is 0.615. The van der Waals surface area contributed by atoms with E-state index >= 15 is 0 Å². The molecule has 0 saturated carbocycles. The number of hydrogen-bond acceptors (Lipinski definition) is 3. The molecule has 0 unspecified atom stereocenters. The Labute approximate surface area is 129 Å².